The number of aromatic nitrogens is 1. The van der Waals surface area contributed by atoms with E-state index in [0.29, 0.717) is 6.04 Å². The number of nitrogens with zero attached hydrogens (tertiary/aromatic N) is 3. The van der Waals surface area contributed by atoms with Crippen LogP contribution in [0.25, 0.3) is 0 Å². The van der Waals surface area contributed by atoms with E-state index in [1.807, 2.05) is 0 Å². The molecule has 0 spiro atoms. The van der Waals surface area contributed by atoms with Gasteiger partial charge < -0.3 is 9.80 Å². The second-order valence-corrected chi connectivity index (χ2v) is 4.66. The van der Waals surface area contributed by atoms with Crippen LogP contribution in [0.3, 0.4) is 0 Å². The monoisotopic (exact) mass is 219 g/mol. The van der Waals surface area contributed by atoms with E-state index in [1.54, 1.807) is 0 Å². The van der Waals surface area contributed by atoms with E-state index in [1.165, 1.54) is 18.7 Å². The largest absolute Gasteiger partial charge is 0.355 e. The minimum atomic E-state index is 0.615. The van der Waals surface area contributed by atoms with Crippen LogP contribution in [0.15, 0.2) is 18.2 Å². The molecule has 3 heteroatoms. The number of pyridine rings is 1. The molecule has 1 aliphatic rings. The maximum atomic E-state index is 4.67. The molecule has 1 fully saturated rings. The highest BCUT2D eigenvalue weighted by Crippen LogP contribution is 2.19. The van der Waals surface area contributed by atoms with E-state index in [-0.39, 0.29) is 0 Å². The molecular weight excluding hydrogens is 198 g/mol. The summed E-state index contributed by atoms with van der Waals surface area (Å²) in [5.41, 5.74) is 1.18. The minimum absolute atomic E-state index is 0.615. The molecule has 1 aromatic heterocycles. The van der Waals surface area contributed by atoms with Crippen molar-refractivity contribution in [3.8, 4) is 0 Å². The average Bonchev–Trinajstić information content (AvgIpc) is 2.75. The number of anilines is 1. The topological polar surface area (TPSA) is 19.4 Å². The quantitative estimate of drug-likeness (QED) is 0.772. The zero-order valence-electron chi connectivity index (χ0n) is 10.5. The number of likely N-dealkylation sites (tertiary alicyclic amines) is 1. The standard InChI is InChI=1S/C13H21N3/c1-4-11-6-5-7-13(14-11)16(3)12-8-9-15(2)10-12/h5-7,12H,4,8-10H2,1-3H3. The van der Waals surface area contributed by atoms with Gasteiger partial charge >= 0.3 is 0 Å². The van der Waals surface area contributed by atoms with Crippen LogP contribution in [0.2, 0.25) is 0 Å². The van der Waals surface area contributed by atoms with Gasteiger partial charge in [0.15, 0.2) is 0 Å². The molecule has 0 bridgehead atoms. The highest BCUT2D eigenvalue weighted by molar-refractivity contribution is 5.40. The Labute approximate surface area is 98.1 Å². The molecule has 3 nitrogen and oxygen atoms in total. The predicted molar refractivity (Wildman–Crippen MR) is 67.9 cm³/mol. The Morgan fingerprint density at radius 1 is 1.50 bits per heavy atom. The lowest BCUT2D eigenvalue weighted by atomic mass is 10.2. The predicted octanol–water partition coefficient (Wildman–Crippen LogP) is 1.78. The molecule has 1 atom stereocenters. The van der Waals surface area contributed by atoms with Crippen LogP contribution in [0, 0.1) is 0 Å². The van der Waals surface area contributed by atoms with Crippen LogP contribution in [-0.2, 0) is 6.42 Å². The number of hydrogen-bond acceptors (Lipinski definition) is 3. The van der Waals surface area contributed by atoms with E-state index >= 15 is 0 Å². The Hall–Kier alpha value is -1.09. The maximum absolute atomic E-state index is 4.67. The highest BCUT2D eigenvalue weighted by Gasteiger charge is 2.23. The average molecular weight is 219 g/mol. The fourth-order valence-corrected chi connectivity index (χ4v) is 2.28. The molecule has 2 rings (SSSR count). The van der Waals surface area contributed by atoms with Crippen molar-refractivity contribution < 1.29 is 0 Å². The van der Waals surface area contributed by atoms with Crippen molar-refractivity contribution in [2.45, 2.75) is 25.8 Å². The van der Waals surface area contributed by atoms with Crippen molar-refractivity contribution in [2.24, 2.45) is 0 Å². The van der Waals surface area contributed by atoms with Crippen LogP contribution >= 0.6 is 0 Å². The van der Waals surface area contributed by atoms with E-state index in [0.717, 1.165) is 18.8 Å². The molecule has 1 saturated heterocycles. The lowest BCUT2D eigenvalue weighted by molar-refractivity contribution is 0.409. The van der Waals surface area contributed by atoms with Crippen molar-refractivity contribution in [3.63, 3.8) is 0 Å². The minimum Gasteiger partial charge on any atom is -0.355 e. The van der Waals surface area contributed by atoms with E-state index in [2.05, 4.69) is 54.0 Å². The van der Waals surface area contributed by atoms with Crippen molar-refractivity contribution in [1.82, 2.24) is 9.88 Å². The van der Waals surface area contributed by atoms with Gasteiger partial charge in [0.05, 0.1) is 0 Å². The Kier molecular flexibility index (Phi) is 3.44. The molecule has 1 aromatic rings. The van der Waals surface area contributed by atoms with Gasteiger partial charge in [-0.15, -0.1) is 0 Å². The van der Waals surface area contributed by atoms with Crippen LogP contribution in [0.5, 0.6) is 0 Å². The molecule has 0 radical (unpaired) electrons. The van der Waals surface area contributed by atoms with Gasteiger partial charge in [0.2, 0.25) is 0 Å². The summed E-state index contributed by atoms with van der Waals surface area (Å²) in [7, 11) is 4.34. The van der Waals surface area contributed by atoms with Crippen molar-refractivity contribution in [2.75, 3.05) is 32.1 Å². The molecule has 0 saturated carbocycles. The zero-order valence-corrected chi connectivity index (χ0v) is 10.5. The van der Waals surface area contributed by atoms with Crippen LogP contribution in [0.1, 0.15) is 19.0 Å². The van der Waals surface area contributed by atoms with E-state index in [9.17, 15) is 0 Å². The second kappa shape index (κ2) is 4.83. The third-order valence-electron chi connectivity index (χ3n) is 3.43. The first-order valence-corrected chi connectivity index (χ1v) is 6.08. The summed E-state index contributed by atoms with van der Waals surface area (Å²) in [5.74, 6) is 1.11. The summed E-state index contributed by atoms with van der Waals surface area (Å²) >= 11 is 0. The third kappa shape index (κ3) is 2.35. The van der Waals surface area contributed by atoms with Crippen LogP contribution in [0.4, 0.5) is 5.82 Å². The molecule has 0 aliphatic carbocycles. The van der Waals surface area contributed by atoms with Gasteiger partial charge in [-0.2, -0.15) is 0 Å². The number of likely N-dealkylation sites (N-methyl/N-ethyl adjacent to an activating group) is 2. The van der Waals surface area contributed by atoms with Gasteiger partial charge in [-0.3, -0.25) is 0 Å². The van der Waals surface area contributed by atoms with Crippen LogP contribution < -0.4 is 4.90 Å². The van der Waals surface area contributed by atoms with Gasteiger partial charge in [0, 0.05) is 25.3 Å². The highest BCUT2D eigenvalue weighted by atomic mass is 15.3. The van der Waals surface area contributed by atoms with Gasteiger partial charge in [0.25, 0.3) is 0 Å². The summed E-state index contributed by atoms with van der Waals surface area (Å²) in [6.45, 7) is 4.49. The normalized spacial score (nSPS) is 21.3. The molecule has 1 aliphatic heterocycles. The first-order valence-electron chi connectivity index (χ1n) is 6.08. The first kappa shape index (κ1) is 11.4. The van der Waals surface area contributed by atoms with E-state index in [4.69, 9.17) is 0 Å². The maximum Gasteiger partial charge on any atom is 0.128 e. The number of rotatable bonds is 3. The smallest absolute Gasteiger partial charge is 0.128 e. The third-order valence-corrected chi connectivity index (χ3v) is 3.43. The fourth-order valence-electron chi connectivity index (χ4n) is 2.28. The van der Waals surface area contributed by atoms with Crippen LogP contribution in [-0.4, -0.2) is 43.1 Å². The lowest BCUT2D eigenvalue weighted by Crippen LogP contribution is -2.34. The molecule has 0 aromatic carbocycles. The molecule has 1 unspecified atom stereocenters. The van der Waals surface area contributed by atoms with Gasteiger partial charge in [0.1, 0.15) is 5.82 Å². The summed E-state index contributed by atoms with van der Waals surface area (Å²) in [5, 5.41) is 0. The molecular formula is C13H21N3. The zero-order chi connectivity index (χ0) is 11.5. The second-order valence-electron chi connectivity index (χ2n) is 4.66. The van der Waals surface area contributed by atoms with Gasteiger partial charge in [-0.05, 0) is 38.6 Å². The van der Waals surface area contributed by atoms with E-state index < -0.39 is 0 Å². The SMILES string of the molecule is CCc1cccc(N(C)C2CCN(C)C2)n1. The fraction of sp³-hybridized carbons (Fsp3) is 0.615. The summed E-state index contributed by atoms with van der Waals surface area (Å²) in [6.07, 6.45) is 2.25. The number of hydrogen-bond donors (Lipinski definition) is 0. The van der Waals surface area contributed by atoms with Gasteiger partial charge in [-0.25, -0.2) is 4.98 Å². The molecule has 2 heterocycles. The molecule has 16 heavy (non-hydrogen) atoms. The summed E-state index contributed by atoms with van der Waals surface area (Å²) in [6, 6.07) is 6.93. The first-order chi connectivity index (χ1) is 7.70. The molecule has 88 valence electrons. The summed E-state index contributed by atoms with van der Waals surface area (Å²) < 4.78 is 0. The Morgan fingerprint density at radius 3 is 2.94 bits per heavy atom. The van der Waals surface area contributed by atoms with Crippen molar-refractivity contribution >= 4 is 5.82 Å². The van der Waals surface area contributed by atoms with Gasteiger partial charge in [-0.1, -0.05) is 13.0 Å². The Balaban J connectivity index is 2.10. The Morgan fingerprint density at radius 2 is 2.31 bits per heavy atom. The lowest BCUT2D eigenvalue weighted by Gasteiger charge is -2.25. The Bertz CT molecular complexity index is 351. The number of aryl methyl sites for hydroxylation is 1. The van der Waals surface area contributed by atoms with Crippen molar-refractivity contribution in [1.29, 1.82) is 0 Å². The van der Waals surface area contributed by atoms with Crippen molar-refractivity contribution in [3.05, 3.63) is 23.9 Å². The molecule has 0 amide bonds. The summed E-state index contributed by atoms with van der Waals surface area (Å²) in [4.78, 5) is 9.37. The molecule has 0 N–H and O–H groups in total.